The highest BCUT2D eigenvalue weighted by Crippen LogP contribution is 2.60. The van der Waals surface area contributed by atoms with E-state index in [1.54, 1.807) is 0 Å². The number of nitrogens with one attached hydrogen (secondary N) is 1. The van der Waals surface area contributed by atoms with Crippen LogP contribution in [0.5, 0.6) is 0 Å². The van der Waals surface area contributed by atoms with Crippen LogP contribution in [-0.2, 0) is 9.59 Å². The number of hydrogen-bond acceptors (Lipinski definition) is 2. The molecule has 6 heteroatoms. The molecule has 1 saturated carbocycles. The van der Waals surface area contributed by atoms with Crippen LogP contribution in [0.3, 0.4) is 0 Å². The topological polar surface area (TPSA) is 66.4 Å². The first-order valence-electron chi connectivity index (χ1n) is 4.12. The van der Waals surface area contributed by atoms with Crippen LogP contribution < -0.4 is 5.32 Å². The summed E-state index contributed by atoms with van der Waals surface area (Å²) in [6.45, 7) is 2.35. The van der Waals surface area contributed by atoms with Gasteiger partial charge in [-0.3, -0.25) is 9.59 Å². The highest BCUT2D eigenvalue weighted by Gasteiger charge is 2.72. The maximum atomic E-state index is 12.7. The minimum Gasteiger partial charge on any atom is -0.480 e. The number of aliphatic carboxylic acids is 1. The number of amides is 1. The smallest absolute Gasteiger partial charge is 0.325 e. The molecule has 80 valence electrons. The summed E-state index contributed by atoms with van der Waals surface area (Å²) in [6.07, 6.45) is -0.516. The van der Waals surface area contributed by atoms with Crippen LogP contribution >= 0.6 is 0 Å². The van der Waals surface area contributed by atoms with Crippen molar-refractivity contribution >= 4 is 11.9 Å². The van der Waals surface area contributed by atoms with Crippen LogP contribution in [-0.4, -0.2) is 28.9 Å². The van der Waals surface area contributed by atoms with Crippen LogP contribution in [0.25, 0.3) is 0 Å². The zero-order chi connectivity index (χ0) is 11.1. The molecule has 0 aromatic heterocycles. The lowest BCUT2D eigenvalue weighted by atomic mass is 10.1. The summed E-state index contributed by atoms with van der Waals surface area (Å²) in [7, 11) is 0. The van der Waals surface area contributed by atoms with Crippen molar-refractivity contribution in [1.82, 2.24) is 5.32 Å². The molecule has 0 radical (unpaired) electrons. The van der Waals surface area contributed by atoms with E-state index >= 15 is 0 Å². The van der Waals surface area contributed by atoms with Crippen molar-refractivity contribution in [2.45, 2.75) is 32.2 Å². The van der Waals surface area contributed by atoms with Crippen molar-refractivity contribution in [1.29, 1.82) is 0 Å². The minimum absolute atomic E-state index is 0.516. The Balaban J connectivity index is 2.57. The molecule has 0 saturated heterocycles. The Hall–Kier alpha value is -1.20. The first kappa shape index (κ1) is 10.9. The summed E-state index contributed by atoms with van der Waals surface area (Å²) in [5, 5.41) is 10.5. The fraction of sp³-hybridized carbons (Fsp3) is 0.750. The molecule has 1 fully saturated rings. The summed E-state index contributed by atoms with van der Waals surface area (Å²) in [5.74, 6) is -5.15. The number of carbonyl (C=O) groups is 2. The highest BCUT2D eigenvalue weighted by molar-refractivity contribution is 5.90. The second kappa shape index (κ2) is 2.90. The van der Waals surface area contributed by atoms with Crippen molar-refractivity contribution in [2.24, 2.45) is 5.41 Å². The Morgan fingerprint density at radius 3 is 2.21 bits per heavy atom. The van der Waals surface area contributed by atoms with E-state index in [9.17, 15) is 18.4 Å². The van der Waals surface area contributed by atoms with E-state index in [1.807, 2.05) is 5.32 Å². The van der Waals surface area contributed by atoms with E-state index in [1.165, 1.54) is 6.92 Å². The van der Waals surface area contributed by atoms with Gasteiger partial charge < -0.3 is 10.4 Å². The molecule has 0 bridgehead atoms. The van der Waals surface area contributed by atoms with Crippen LogP contribution in [0.4, 0.5) is 8.78 Å². The Morgan fingerprint density at radius 1 is 1.50 bits per heavy atom. The molecule has 1 aliphatic carbocycles. The van der Waals surface area contributed by atoms with Gasteiger partial charge in [0.25, 0.3) is 5.92 Å². The van der Waals surface area contributed by atoms with Crippen molar-refractivity contribution in [3.63, 3.8) is 0 Å². The first-order chi connectivity index (χ1) is 6.21. The van der Waals surface area contributed by atoms with Crippen molar-refractivity contribution < 1.29 is 23.5 Å². The molecule has 0 aliphatic heterocycles. The summed E-state index contributed by atoms with van der Waals surface area (Å²) < 4.78 is 25.3. The molecular formula is C8H11F2NO3. The maximum Gasteiger partial charge on any atom is 0.325 e. The zero-order valence-electron chi connectivity index (χ0n) is 7.80. The fourth-order valence-corrected chi connectivity index (χ4v) is 1.06. The van der Waals surface area contributed by atoms with Crippen molar-refractivity contribution in [3.8, 4) is 0 Å². The SMILES string of the molecule is CC(NC(=O)C1(C)CC1(F)F)C(=O)O. The zero-order valence-corrected chi connectivity index (χ0v) is 7.80. The minimum atomic E-state index is -3.00. The van der Waals surface area contributed by atoms with E-state index in [2.05, 4.69) is 0 Å². The lowest BCUT2D eigenvalue weighted by Gasteiger charge is -2.13. The average Bonchev–Trinajstić information content (AvgIpc) is 2.52. The molecule has 4 nitrogen and oxygen atoms in total. The van der Waals surface area contributed by atoms with E-state index in [-0.39, 0.29) is 0 Å². The number of carboxylic acids is 1. The second-order valence-corrected chi connectivity index (χ2v) is 3.75. The van der Waals surface area contributed by atoms with Gasteiger partial charge in [-0.1, -0.05) is 0 Å². The van der Waals surface area contributed by atoms with Gasteiger partial charge in [0.15, 0.2) is 0 Å². The van der Waals surface area contributed by atoms with Crippen LogP contribution in [0, 0.1) is 5.41 Å². The third-order valence-corrected chi connectivity index (χ3v) is 2.48. The summed E-state index contributed by atoms with van der Waals surface area (Å²) in [6, 6.07) is -1.14. The molecule has 14 heavy (non-hydrogen) atoms. The molecule has 1 aliphatic rings. The molecule has 0 heterocycles. The maximum absolute atomic E-state index is 12.7. The number of halogens is 2. The third-order valence-electron chi connectivity index (χ3n) is 2.48. The standard InChI is InChI=1S/C8H11F2NO3/c1-4(5(12)13)11-6(14)7(2)3-8(7,9)10/h4H,3H2,1-2H3,(H,11,14)(H,12,13). The van der Waals surface area contributed by atoms with Gasteiger partial charge in [-0.05, 0) is 13.8 Å². The lowest BCUT2D eigenvalue weighted by Crippen LogP contribution is -2.43. The number of carboxylic acid groups (broad SMARTS) is 1. The molecule has 1 amide bonds. The Kier molecular flexibility index (Phi) is 2.25. The van der Waals surface area contributed by atoms with E-state index in [0.717, 1.165) is 6.92 Å². The van der Waals surface area contributed by atoms with Crippen LogP contribution in [0.1, 0.15) is 20.3 Å². The van der Waals surface area contributed by atoms with Gasteiger partial charge in [-0.25, -0.2) is 8.78 Å². The number of carbonyl (C=O) groups excluding carboxylic acids is 1. The van der Waals surface area contributed by atoms with Gasteiger partial charge in [-0.15, -0.1) is 0 Å². The summed E-state index contributed by atoms with van der Waals surface area (Å²) >= 11 is 0. The van der Waals surface area contributed by atoms with Gasteiger partial charge in [0.1, 0.15) is 11.5 Å². The average molecular weight is 207 g/mol. The number of alkyl halides is 2. The van der Waals surface area contributed by atoms with Gasteiger partial charge in [0.05, 0.1) is 0 Å². The van der Waals surface area contributed by atoms with Crippen molar-refractivity contribution in [3.05, 3.63) is 0 Å². The first-order valence-corrected chi connectivity index (χ1v) is 4.12. The Morgan fingerprint density at radius 2 is 1.93 bits per heavy atom. The van der Waals surface area contributed by atoms with E-state index in [0.29, 0.717) is 0 Å². The molecule has 2 N–H and O–H groups in total. The molecule has 0 aromatic rings. The largest absolute Gasteiger partial charge is 0.480 e. The van der Waals surface area contributed by atoms with E-state index in [4.69, 9.17) is 5.11 Å². The Labute approximate surface area is 79.3 Å². The van der Waals surface area contributed by atoms with Gasteiger partial charge >= 0.3 is 5.97 Å². The molecule has 0 aromatic carbocycles. The van der Waals surface area contributed by atoms with E-state index < -0.39 is 35.7 Å². The monoisotopic (exact) mass is 207 g/mol. The highest BCUT2D eigenvalue weighted by atomic mass is 19.3. The van der Waals surface area contributed by atoms with Gasteiger partial charge in [0.2, 0.25) is 5.91 Å². The molecule has 2 atom stereocenters. The van der Waals surface area contributed by atoms with Crippen molar-refractivity contribution in [2.75, 3.05) is 0 Å². The molecule has 1 rings (SSSR count). The lowest BCUT2D eigenvalue weighted by molar-refractivity contribution is -0.143. The number of hydrogen-bond donors (Lipinski definition) is 2. The third kappa shape index (κ3) is 1.56. The quantitative estimate of drug-likeness (QED) is 0.713. The fourth-order valence-electron chi connectivity index (χ4n) is 1.06. The van der Waals surface area contributed by atoms with Crippen LogP contribution in [0.2, 0.25) is 0 Å². The molecular weight excluding hydrogens is 196 g/mol. The molecule has 2 unspecified atom stereocenters. The van der Waals surface area contributed by atoms with Gasteiger partial charge in [0, 0.05) is 6.42 Å². The summed E-state index contributed by atoms with van der Waals surface area (Å²) in [5.41, 5.74) is -1.73. The number of rotatable bonds is 3. The normalized spacial score (nSPS) is 30.6. The second-order valence-electron chi connectivity index (χ2n) is 3.75. The summed E-state index contributed by atoms with van der Waals surface area (Å²) in [4.78, 5) is 21.5. The van der Waals surface area contributed by atoms with Gasteiger partial charge in [-0.2, -0.15) is 0 Å². The predicted molar refractivity (Wildman–Crippen MR) is 42.9 cm³/mol. The Bertz CT molecular complexity index is 292. The molecule has 0 spiro atoms. The predicted octanol–water partition coefficient (Wildman–Crippen LogP) is 0.621. The van der Waals surface area contributed by atoms with Crippen LogP contribution in [0.15, 0.2) is 0 Å².